The average Bonchev–Trinajstić information content (AvgIpc) is 2.77. The van der Waals surface area contributed by atoms with Gasteiger partial charge >= 0.3 is 5.95 Å². The number of hydrogen-bond acceptors (Lipinski definition) is 5. The molecule has 0 amide bonds. The van der Waals surface area contributed by atoms with Crippen molar-refractivity contribution in [2.24, 2.45) is 0 Å². The summed E-state index contributed by atoms with van der Waals surface area (Å²) in [7, 11) is 0. The molecule has 98 valence electrons. The van der Waals surface area contributed by atoms with Gasteiger partial charge in [0.25, 0.3) is 0 Å². The van der Waals surface area contributed by atoms with E-state index < -0.39 is 10.9 Å². The Hall–Kier alpha value is -2.57. The van der Waals surface area contributed by atoms with Crippen LogP contribution in [0.4, 0.5) is 5.95 Å². The number of nitro groups is 1. The van der Waals surface area contributed by atoms with Crippen LogP contribution in [-0.2, 0) is 6.54 Å². The number of carbonyl (C=O) groups excluding carboxylic acids is 1. The molecule has 7 nitrogen and oxygen atoms in total. The average molecular weight is 260 g/mol. The van der Waals surface area contributed by atoms with Crippen molar-refractivity contribution in [1.29, 1.82) is 0 Å². The molecule has 1 aromatic heterocycles. The Morgan fingerprint density at radius 1 is 1.42 bits per heavy atom. The lowest BCUT2D eigenvalue weighted by molar-refractivity contribution is -0.394. The number of aryl methyl sites for hydroxylation is 2. The van der Waals surface area contributed by atoms with Gasteiger partial charge in [0.1, 0.15) is 6.54 Å². The van der Waals surface area contributed by atoms with E-state index in [0.29, 0.717) is 5.56 Å². The molecule has 7 heteroatoms. The van der Waals surface area contributed by atoms with E-state index >= 15 is 0 Å². The normalized spacial score (nSPS) is 10.4. The largest absolute Gasteiger partial charge is 0.490 e. The summed E-state index contributed by atoms with van der Waals surface area (Å²) in [5.41, 5.74) is 2.54. The van der Waals surface area contributed by atoms with Crippen molar-refractivity contribution in [3.8, 4) is 0 Å². The number of ketones is 1. The molecule has 0 atom stereocenters. The van der Waals surface area contributed by atoms with E-state index in [0.717, 1.165) is 11.1 Å². The van der Waals surface area contributed by atoms with Gasteiger partial charge in [0.05, 0.1) is 0 Å². The summed E-state index contributed by atoms with van der Waals surface area (Å²) >= 11 is 0. The minimum absolute atomic E-state index is 0.0647. The summed E-state index contributed by atoms with van der Waals surface area (Å²) in [5.74, 6) is -0.661. The van der Waals surface area contributed by atoms with E-state index in [1.807, 2.05) is 26.0 Å². The summed E-state index contributed by atoms with van der Waals surface area (Å²) in [6.45, 7) is 3.73. The van der Waals surface area contributed by atoms with Crippen molar-refractivity contribution in [3.63, 3.8) is 0 Å². The molecule has 0 radical (unpaired) electrons. The predicted octanol–water partition coefficient (Wildman–Crippen LogP) is 1.69. The van der Waals surface area contributed by atoms with Crippen LogP contribution in [-0.4, -0.2) is 25.5 Å². The van der Waals surface area contributed by atoms with E-state index in [1.165, 1.54) is 11.0 Å². The van der Waals surface area contributed by atoms with Gasteiger partial charge < -0.3 is 10.1 Å². The Morgan fingerprint density at radius 2 is 2.16 bits per heavy atom. The fourth-order valence-electron chi connectivity index (χ4n) is 1.80. The molecule has 1 heterocycles. The maximum absolute atomic E-state index is 12.1. The fourth-order valence-corrected chi connectivity index (χ4v) is 1.80. The van der Waals surface area contributed by atoms with Crippen LogP contribution in [0.5, 0.6) is 0 Å². The second kappa shape index (κ2) is 4.97. The first-order valence-electron chi connectivity index (χ1n) is 5.61. The molecular formula is C12H12N4O3. The van der Waals surface area contributed by atoms with Gasteiger partial charge in [0.2, 0.25) is 6.33 Å². The van der Waals surface area contributed by atoms with Gasteiger partial charge in [-0.25, -0.2) is 0 Å². The Balaban J connectivity index is 2.18. The lowest BCUT2D eigenvalue weighted by Gasteiger charge is -2.04. The molecule has 0 N–H and O–H groups in total. The number of nitrogens with zero attached hydrogens (tertiary/aromatic N) is 4. The van der Waals surface area contributed by atoms with Crippen molar-refractivity contribution < 1.29 is 9.72 Å². The molecule has 0 aliphatic rings. The fraction of sp³-hybridized carbons (Fsp3) is 0.250. The highest BCUT2D eigenvalue weighted by Gasteiger charge is 2.17. The van der Waals surface area contributed by atoms with E-state index in [9.17, 15) is 14.9 Å². The Morgan fingerprint density at radius 3 is 2.74 bits per heavy atom. The number of rotatable bonds is 4. The molecule has 19 heavy (non-hydrogen) atoms. The van der Waals surface area contributed by atoms with Gasteiger partial charge in [-0.3, -0.25) is 4.79 Å². The van der Waals surface area contributed by atoms with E-state index in [2.05, 4.69) is 10.1 Å². The van der Waals surface area contributed by atoms with Gasteiger partial charge in [0.15, 0.2) is 5.78 Å². The van der Waals surface area contributed by atoms with Crippen molar-refractivity contribution in [2.75, 3.05) is 0 Å². The van der Waals surface area contributed by atoms with Crippen LogP contribution < -0.4 is 0 Å². The first-order valence-corrected chi connectivity index (χ1v) is 5.61. The Bertz CT molecular complexity index is 648. The topological polar surface area (TPSA) is 90.9 Å². The molecular weight excluding hydrogens is 248 g/mol. The summed E-state index contributed by atoms with van der Waals surface area (Å²) in [5, 5.41) is 14.1. The molecule has 0 saturated heterocycles. The monoisotopic (exact) mass is 260 g/mol. The zero-order valence-corrected chi connectivity index (χ0v) is 10.5. The van der Waals surface area contributed by atoms with E-state index in [4.69, 9.17) is 0 Å². The van der Waals surface area contributed by atoms with Gasteiger partial charge in [0, 0.05) is 10.7 Å². The van der Waals surface area contributed by atoms with E-state index in [1.54, 1.807) is 6.07 Å². The molecule has 2 aromatic rings. The first kappa shape index (κ1) is 12.9. The van der Waals surface area contributed by atoms with Crippen LogP contribution >= 0.6 is 0 Å². The molecule has 0 unspecified atom stereocenters. The molecule has 0 aliphatic carbocycles. The smallest absolute Gasteiger partial charge is 0.390 e. The van der Waals surface area contributed by atoms with Crippen LogP contribution in [0.1, 0.15) is 21.5 Å². The second-order valence-electron chi connectivity index (χ2n) is 4.24. The van der Waals surface area contributed by atoms with Gasteiger partial charge in [-0.15, -0.1) is 0 Å². The molecule has 0 bridgehead atoms. The van der Waals surface area contributed by atoms with Gasteiger partial charge in [-0.05, 0) is 24.3 Å². The second-order valence-corrected chi connectivity index (χ2v) is 4.24. The van der Waals surface area contributed by atoms with E-state index in [-0.39, 0.29) is 12.3 Å². The highest BCUT2D eigenvalue weighted by molar-refractivity contribution is 5.97. The van der Waals surface area contributed by atoms with Crippen LogP contribution in [0.15, 0.2) is 24.5 Å². The molecule has 0 saturated carbocycles. The quantitative estimate of drug-likeness (QED) is 0.474. The number of aromatic nitrogens is 3. The summed E-state index contributed by atoms with van der Waals surface area (Å²) < 4.78 is 1.17. The molecule has 0 aliphatic heterocycles. The zero-order chi connectivity index (χ0) is 14.0. The Labute approximate surface area is 109 Å². The lowest BCUT2D eigenvalue weighted by atomic mass is 10.0. The van der Waals surface area contributed by atoms with Crippen LogP contribution in [0.2, 0.25) is 0 Å². The van der Waals surface area contributed by atoms with Gasteiger partial charge in [-0.1, -0.05) is 28.7 Å². The number of hydrogen-bond donors (Lipinski definition) is 0. The first-order chi connectivity index (χ1) is 8.97. The minimum atomic E-state index is -0.696. The molecule has 0 fully saturated rings. The van der Waals surface area contributed by atoms with Crippen LogP contribution in [0, 0.1) is 24.0 Å². The zero-order valence-electron chi connectivity index (χ0n) is 10.5. The van der Waals surface area contributed by atoms with Gasteiger partial charge in [-0.2, -0.15) is 4.68 Å². The molecule has 1 aromatic carbocycles. The standard InChI is InChI=1S/C12H12N4O3/c1-8-3-4-10(9(2)5-8)11(17)6-15-7-13-12(14-15)16(18)19/h3-5,7H,6H2,1-2H3. The summed E-state index contributed by atoms with van der Waals surface area (Å²) in [6, 6.07) is 5.51. The minimum Gasteiger partial charge on any atom is -0.390 e. The SMILES string of the molecule is Cc1ccc(C(=O)Cn2cnc([N+](=O)[O-])n2)c(C)c1. The summed E-state index contributed by atoms with van der Waals surface area (Å²) in [6.07, 6.45) is 1.18. The van der Waals surface area contributed by atoms with Crippen LogP contribution in [0.3, 0.4) is 0 Å². The van der Waals surface area contributed by atoms with Crippen molar-refractivity contribution in [1.82, 2.24) is 14.8 Å². The van der Waals surface area contributed by atoms with Crippen LogP contribution in [0.25, 0.3) is 0 Å². The Kier molecular flexibility index (Phi) is 3.37. The number of benzene rings is 1. The third kappa shape index (κ3) is 2.82. The maximum Gasteiger partial charge on any atom is 0.490 e. The lowest BCUT2D eigenvalue weighted by Crippen LogP contribution is -2.12. The van der Waals surface area contributed by atoms with Crippen molar-refractivity contribution >= 4 is 11.7 Å². The third-order valence-corrected chi connectivity index (χ3v) is 2.68. The highest BCUT2D eigenvalue weighted by atomic mass is 16.6. The predicted molar refractivity (Wildman–Crippen MR) is 66.9 cm³/mol. The van der Waals surface area contributed by atoms with Crippen molar-refractivity contribution in [2.45, 2.75) is 20.4 Å². The summed E-state index contributed by atoms with van der Waals surface area (Å²) in [4.78, 5) is 25.3. The highest BCUT2D eigenvalue weighted by Crippen LogP contribution is 2.12. The maximum atomic E-state index is 12.1. The third-order valence-electron chi connectivity index (χ3n) is 2.68. The number of Topliss-reactive ketones (excluding diaryl/α,β-unsaturated/α-hetero) is 1. The molecule has 2 rings (SSSR count). The van der Waals surface area contributed by atoms with Crippen molar-refractivity contribution in [3.05, 3.63) is 51.3 Å². The molecule has 0 spiro atoms. The number of carbonyl (C=O) groups is 1.